The van der Waals surface area contributed by atoms with Crippen molar-refractivity contribution in [3.63, 3.8) is 0 Å². The van der Waals surface area contributed by atoms with Crippen LogP contribution in [0.1, 0.15) is 34.7 Å². The molecule has 1 atom stereocenters. The first-order valence-electron chi connectivity index (χ1n) is 11.3. The molecule has 5 aromatic rings. The maximum Gasteiger partial charge on any atom is 0.226 e. The topological polar surface area (TPSA) is 69.0 Å². The third-order valence-corrected chi connectivity index (χ3v) is 7.16. The van der Waals surface area contributed by atoms with Gasteiger partial charge in [0.25, 0.3) is 0 Å². The fraction of sp³-hybridized carbons (Fsp3) is 0.148. The molecule has 1 aliphatic rings. The molecule has 6 nitrogen and oxygen atoms in total. The molecule has 6 rings (SSSR count). The molecule has 0 bridgehead atoms. The maximum atomic E-state index is 13.4. The molecule has 8 heteroatoms. The van der Waals surface area contributed by atoms with Crippen molar-refractivity contribution in [2.45, 2.75) is 25.9 Å². The Labute approximate surface area is 205 Å². The van der Waals surface area contributed by atoms with E-state index in [9.17, 15) is 9.18 Å². The molecule has 1 aliphatic heterocycles. The summed E-state index contributed by atoms with van der Waals surface area (Å²) in [6.07, 6.45) is 0.336. The van der Waals surface area contributed by atoms with E-state index in [2.05, 4.69) is 5.32 Å². The number of carbonyl (C=O) groups excluding carboxylic acids is 1. The SMILES string of the molecule is Cc1nn(-c2nc3ccccc3s2)c2c1[C@H](c1ccc(OCc3cccc(F)c3)cc1)CC(=O)N2. The van der Waals surface area contributed by atoms with Gasteiger partial charge in [-0.1, -0.05) is 47.7 Å². The first-order valence-corrected chi connectivity index (χ1v) is 12.1. The van der Waals surface area contributed by atoms with Crippen molar-refractivity contribution in [2.24, 2.45) is 0 Å². The molecule has 0 unspecified atom stereocenters. The van der Waals surface area contributed by atoms with Crippen molar-refractivity contribution >= 4 is 33.3 Å². The zero-order valence-electron chi connectivity index (χ0n) is 18.9. The summed E-state index contributed by atoms with van der Waals surface area (Å²) in [5, 5.41) is 8.49. The Morgan fingerprint density at radius 2 is 1.94 bits per heavy atom. The number of rotatable bonds is 5. The summed E-state index contributed by atoms with van der Waals surface area (Å²) in [5.74, 6) is 0.888. The van der Waals surface area contributed by atoms with Gasteiger partial charge in [-0.15, -0.1) is 0 Å². The van der Waals surface area contributed by atoms with E-state index < -0.39 is 0 Å². The molecular formula is C27H21FN4O2S. The highest BCUT2D eigenvalue weighted by atomic mass is 32.1. The van der Waals surface area contributed by atoms with E-state index in [0.717, 1.165) is 37.7 Å². The predicted octanol–water partition coefficient (Wildman–Crippen LogP) is 5.98. The minimum absolute atomic E-state index is 0.0591. The van der Waals surface area contributed by atoms with Crippen molar-refractivity contribution in [2.75, 3.05) is 5.32 Å². The molecule has 0 saturated heterocycles. The highest BCUT2D eigenvalue weighted by Gasteiger charge is 2.33. The number of carbonyl (C=O) groups is 1. The van der Waals surface area contributed by atoms with Crippen molar-refractivity contribution in [3.8, 4) is 10.9 Å². The Bertz CT molecular complexity index is 1520. The van der Waals surface area contributed by atoms with E-state index >= 15 is 0 Å². The van der Waals surface area contributed by atoms with Crippen LogP contribution in [0, 0.1) is 12.7 Å². The summed E-state index contributed by atoms with van der Waals surface area (Å²) >= 11 is 1.54. The van der Waals surface area contributed by atoms with Crippen molar-refractivity contribution in [1.29, 1.82) is 0 Å². The molecule has 0 aliphatic carbocycles. The average Bonchev–Trinajstić information content (AvgIpc) is 3.43. The second-order valence-electron chi connectivity index (χ2n) is 8.52. The number of aryl methyl sites for hydroxylation is 1. The molecule has 0 radical (unpaired) electrons. The number of ether oxygens (including phenoxy) is 1. The quantitative estimate of drug-likeness (QED) is 0.333. The van der Waals surface area contributed by atoms with E-state index in [1.165, 1.54) is 23.5 Å². The maximum absolute atomic E-state index is 13.4. The molecule has 1 N–H and O–H groups in total. The molecule has 3 aromatic carbocycles. The van der Waals surface area contributed by atoms with Crippen molar-refractivity contribution in [1.82, 2.24) is 14.8 Å². The molecule has 1 amide bonds. The first kappa shape index (κ1) is 21.5. The van der Waals surface area contributed by atoms with Gasteiger partial charge < -0.3 is 10.1 Å². The van der Waals surface area contributed by atoms with E-state index in [-0.39, 0.29) is 24.2 Å². The number of fused-ring (bicyclic) bond motifs is 2. The highest BCUT2D eigenvalue weighted by molar-refractivity contribution is 7.20. The Kier molecular flexibility index (Phi) is 5.30. The fourth-order valence-corrected chi connectivity index (χ4v) is 5.43. The van der Waals surface area contributed by atoms with Gasteiger partial charge >= 0.3 is 0 Å². The van der Waals surface area contributed by atoms with Crippen LogP contribution in [0.15, 0.2) is 72.8 Å². The molecule has 0 spiro atoms. The molecule has 0 saturated carbocycles. The molecule has 174 valence electrons. The number of amides is 1. The third kappa shape index (κ3) is 4.06. The van der Waals surface area contributed by atoms with Gasteiger partial charge in [0.05, 0.1) is 15.9 Å². The van der Waals surface area contributed by atoms with Gasteiger partial charge in [-0.3, -0.25) is 4.79 Å². The average molecular weight is 485 g/mol. The van der Waals surface area contributed by atoms with Crippen LogP contribution in [0.4, 0.5) is 10.2 Å². The van der Waals surface area contributed by atoms with Crippen LogP contribution in [-0.2, 0) is 11.4 Å². The lowest BCUT2D eigenvalue weighted by atomic mass is 9.86. The second kappa shape index (κ2) is 8.63. The standard InChI is InChI=1S/C27H21FN4O2S/c1-16-25-21(18-9-11-20(12-10-18)34-15-17-5-4-6-19(28)13-17)14-24(33)30-26(25)32(31-16)27-29-22-7-2-3-8-23(22)35-27/h2-13,21H,14-15H2,1H3,(H,30,33)/t21-/m0/s1. The van der Waals surface area contributed by atoms with Gasteiger partial charge in [0.1, 0.15) is 24.0 Å². The van der Waals surface area contributed by atoms with Crippen LogP contribution >= 0.6 is 11.3 Å². The van der Waals surface area contributed by atoms with Crippen LogP contribution in [0.25, 0.3) is 15.3 Å². The lowest BCUT2D eigenvalue weighted by molar-refractivity contribution is -0.116. The van der Waals surface area contributed by atoms with Crippen LogP contribution in [-0.4, -0.2) is 20.7 Å². The van der Waals surface area contributed by atoms with E-state index in [1.54, 1.807) is 10.7 Å². The Morgan fingerprint density at radius 1 is 1.11 bits per heavy atom. The summed E-state index contributed by atoms with van der Waals surface area (Å²) in [4.78, 5) is 17.4. The minimum Gasteiger partial charge on any atom is -0.489 e. The van der Waals surface area contributed by atoms with Gasteiger partial charge in [-0.25, -0.2) is 9.37 Å². The Morgan fingerprint density at radius 3 is 2.74 bits per heavy atom. The second-order valence-corrected chi connectivity index (χ2v) is 9.53. The number of nitrogens with one attached hydrogen (secondary N) is 1. The first-order chi connectivity index (χ1) is 17.0. The number of para-hydroxylation sites is 1. The Balaban J connectivity index is 1.29. The van der Waals surface area contributed by atoms with Gasteiger partial charge in [0, 0.05) is 17.9 Å². The van der Waals surface area contributed by atoms with Crippen molar-refractivity contribution < 1.29 is 13.9 Å². The van der Waals surface area contributed by atoms with E-state index in [0.29, 0.717) is 18.0 Å². The fourth-order valence-electron chi connectivity index (χ4n) is 4.51. The van der Waals surface area contributed by atoms with Crippen LogP contribution in [0.3, 0.4) is 0 Å². The lowest BCUT2D eigenvalue weighted by Gasteiger charge is -2.24. The van der Waals surface area contributed by atoms with Crippen LogP contribution in [0.5, 0.6) is 5.75 Å². The lowest BCUT2D eigenvalue weighted by Crippen LogP contribution is -2.24. The van der Waals surface area contributed by atoms with Gasteiger partial charge in [-0.05, 0) is 54.4 Å². The smallest absolute Gasteiger partial charge is 0.226 e. The van der Waals surface area contributed by atoms with Gasteiger partial charge in [0.15, 0.2) is 0 Å². The molecule has 35 heavy (non-hydrogen) atoms. The zero-order chi connectivity index (χ0) is 23.9. The number of halogens is 1. The predicted molar refractivity (Wildman–Crippen MR) is 134 cm³/mol. The minimum atomic E-state index is -0.283. The molecule has 2 aromatic heterocycles. The zero-order valence-corrected chi connectivity index (χ0v) is 19.7. The summed E-state index contributed by atoms with van der Waals surface area (Å²) in [6.45, 7) is 2.24. The van der Waals surface area contributed by atoms with Gasteiger partial charge in [-0.2, -0.15) is 9.78 Å². The summed E-state index contributed by atoms with van der Waals surface area (Å²) in [6, 6.07) is 22.0. The third-order valence-electron chi connectivity index (χ3n) is 6.14. The van der Waals surface area contributed by atoms with E-state index in [1.807, 2.05) is 61.5 Å². The summed E-state index contributed by atoms with van der Waals surface area (Å²) < 4.78 is 22.0. The van der Waals surface area contributed by atoms with Gasteiger partial charge in [0.2, 0.25) is 11.0 Å². The van der Waals surface area contributed by atoms with Crippen LogP contribution < -0.4 is 10.1 Å². The highest BCUT2D eigenvalue weighted by Crippen LogP contribution is 2.41. The summed E-state index contributed by atoms with van der Waals surface area (Å²) in [7, 11) is 0. The number of nitrogens with zero attached hydrogens (tertiary/aromatic N) is 3. The largest absolute Gasteiger partial charge is 0.489 e. The number of hydrogen-bond donors (Lipinski definition) is 1. The molecule has 0 fully saturated rings. The monoisotopic (exact) mass is 484 g/mol. The molecular weight excluding hydrogens is 463 g/mol. The van der Waals surface area contributed by atoms with Crippen LogP contribution in [0.2, 0.25) is 0 Å². The molecule has 3 heterocycles. The number of benzene rings is 3. The summed E-state index contributed by atoms with van der Waals surface area (Å²) in [5.41, 5.74) is 4.53. The number of aromatic nitrogens is 3. The van der Waals surface area contributed by atoms with E-state index in [4.69, 9.17) is 14.8 Å². The number of thiazole rings is 1. The Hall–Kier alpha value is -4.04. The number of hydrogen-bond acceptors (Lipinski definition) is 5. The van der Waals surface area contributed by atoms with Crippen molar-refractivity contribution in [3.05, 3.63) is 101 Å². The normalized spacial score (nSPS) is 15.1. The number of anilines is 1.